The van der Waals surface area contributed by atoms with Crippen molar-refractivity contribution in [1.29, 1.82) is 0 Å². The quantitative estimate of drug-likeness (QED) is 0.140. The molecular weight excluding hydrogens is 496 g/mol. The minimum atomic E-state index is -4.28. The number of hydrogen-bond donors (Lipinski definition) is 3. The van der Waals surface area contributed by atoms with E-state index in [1.54, 1.807) is 6.07 Å². The number of hydrazone groups is 1. The maximum Gasteiger partial charge on any atom is 0.416 e. The summed E-state index contributed by atoms with van der Waals surface area (Å²) in [5.74, 6) is 0. The molecule has 3 N–H and O–H groups in total. The first-order chi connectivity index (χ1) is 15.4. The summed E-state index contributed by atoms with van der Waals surface area (Å²) in [6, 6.07) is 10.1. The van der Waals surface area contributed by atoms with Gasteiger partial charge < -0.3 is 0 Å². The number of nitrogens with zero attached hydrogens (tertiary/aromatic N) is 3. The van der Waals surface area contributed by atoms with E-state index in [0.717, 1.165) is 38.2 Å². The normalized spacial score (nSPS) is 16.2. The zero-order chi connectivity index (χ0) is 22.9. The first kappa shape index (κ1) is 23.1. The summed E-state index contributed by atoms with van der Waals surface area (Å²) in [4.78, 5) is 1.55. The lowest BCUT2D eigenvalue weighted by Gasteiger charge is -1.99. The number of benzene rings is 2. The van der Waals surface area contributed by atoms with E-state index in [-0.39, 0.29) is 4.90 Å². The summed E-state index contributed by atoms with van der Waals surface area (Å²) in [6.45, 7) is 4.52. The Morgan fingerprint density at radius 3 is 2.78 bits per heavy atom. The summed E-state index contributed by atoms with van der Waals surface area (Å²) in [5.41, 5.74) is 4.88. The van der Waals surface area contributed by atoms with Gasteiger partial charge in [-0.15, -0.1) is 4.33 Å². The molecule has 14 heteroatoms. The van der Waals surface area contributed by atoms with Crippen molar-refractivity contribution in [1.82, 2.24) is 0 Å². The van der Waals surface area contributed by atoms with E-state index < -0.39 is 10.1 Å². The average Bonchev–Trinajstić information content (AvgIpc) is 3.31. The van der Waals surface area contributed by atoms with E-state index in [1.165, 1.54) is 35.2 Å². The first-order valence-electron chi connectivity index (χ1n) is 9.18. The van der Waals surface area contributed by atoms with Crippen molar-refractivity contribution in [3.05, 3.63) is 36.4 Å². The van der Waals surface area contributed by atoms with Crippen LogP contribution in [0.1, 0.15) is 13.8 Å². The molecule has 0 spiro atoms. The van der Waals surface area contributed by atoms with E-state index in [9.17, 15) is 13.0 Å². The first-order valence-corrected chi connectivity index (χ1v) is 13.0. The maximum atomic E-state index is 11.5. The summed E-state index contributed by atoms with van der Waals surface area (Å²) in [5, 5.41) is 18.0. The predicted molar refractivity (Wildman–Crippen MR) is 123 cm³/mol. The van der Waals surface area contributed by atoms with Crippen LogP contribution in [0.2, 0.25) is 0 Å². The Morgan fingerprint density at radius 1 is 1.28 bits per heavy atom. The van der Waals surface area contributed by atoms with Crippen molar-refractivity contribution >= 4 is 77.7 Å². The van der Waals surface area contributed by atoms with E-state index in [0.29, 0.717) is 16.4 Å². The summed E-state index contributed by atoms with van der Waals surface area (Å²) >= 11 is 3.68. The lowest BCUT2D eigenvalue weighted by molar-refractivity contribution is -0.650. The topological polar surface area (TPSA) is 124 Å². The van der Waals surface area contributed by atoms with Crippen LogP contribution in [0, 0.1) is 0 Å². The summed E-state index contributed by atoms with van der Waals surface area (Å²) < 4.78 is 41.4. The zero-order valence-corrected chi connectivity index (χ0v) is 20.0. The highest BCUT2D eigenvalue weighted by atomic mass is 32.2. The molecule has 0 radical (unpaired) electrons. The zero-order valence-electron chi connectivity index (χ0n) is 16.8. The van der Waals surface area contributed by atoms with Crippen LogP contribution in [-0.2, 0) is 26.0 Å². The van der Waals surface area contributed by atoms with E-state index in [2.05, 4.69) is 19.9 Å². The number of aryl methyl sites for hydroxylation is 1. The minimum Gasteiger partial charge on any atom is -0.282 e. The molecular formula is C18H18N4O6S4+2. The molecule has 0 aliphatic carbocycles. The van der Waals surface area contributed by atoms with Gasteiger partial charge >= 0.3 is 10.3 Å². The lowest BCUT2D eigenvalue weighted by Crippen LogP contribution is -2.33. The number of thiazole rings is 1. The molecule has 0 unspecified atom stereocenters. The third kappa shape index (κ3) is 4.53. The highest BCUT2D eigenvalue weighted by molar-refractivity contribution is 8.13. The largest absolute Gasteiger partial charge is 0.416 e. The number of thioether (sulfide) groups is 1. The molecule has 0 bridgehead atoms. The van der Waals surface area contributed by atoms with Gasteiger partial charge in [0, 0.05) is 16.7 Å². The van der Waals surface area contributed by atoms with Crippen molar-refractivity contribution < 1.29 is 36.7 Å². The number of aromatic nitrogens is 1. The summed E-state index contributed by atoms with van der Waals surface area (Å²) in [7, 11) is -4.28. The second kappa shape index (κ2) is 9.44. The molecule has 168 valence electrons. The SMILES string of the molecule is CC=[N+]1C(=NNc2sc3cc(S(=O)(=O)O)ccc3[n+]2CC)Sc2cc(SOOO)ccc21. The van der Waals surface area contributed by atoms with Crippen LogP contribution in [0.3, 0.4) is 0 Å². The highest BCUT2D eigenvalue weighted by Crippen LogP contribution is 2.41. The van der Waals surface area contributed by atoms with Gasteiger partial charge in [-0.25, -0.2) is 9.82 Å². The van der Waals surface area contributed by atoms with Gasteiger partial charge in [0.25, 0.3) is 10.1 Å². The predicted octanol–water partition coefficient (Wildman–Crippen LogP) is 4.11. The third-order valence-electron chi connectivity index (χ3n) is 4.55. The Balaban J connectivity index is 1.64. The number of fused-ring (bicyclic) bond motifs is 2. The van der Waals surface area contributed by atoms with Crippen molar-refractivity contribution in [3.63, 3.8) is 0 Å². The number of amidine groups is 1. The van der Waals surface area contributed by atoms with Gasteiger partial charge in [0.15, 0.2) is 5.10 Å². The van der Waals surface area contributed by atoms with Gasteiger partial charge in [0.2, 0.25) is 0 Å². The van der Waals surface area contributed by atoms with Gasteiger partial charge in [-0.2, -0.15) is 13.0 Å². The molecule has 0 amide bonds. The molecule has 4 rings (SSSR count). The van der Waals surface area contributed by atoms with Gasteiger partial charge in [0.05, 0.1) is 39.3 Å². The Hall–Kier alpha value is -2.04. The van der Waals surface area contributed by atoms with Crippen molar-refractivity contribution in [2.75, 3.05) is 5.43 Å². The van der Waals surface area contributed by atoms with Crippen LogP contribution in [0.15, 0.2) is 56.2 Å². The molecule has 3 aromatic rings. The fourth-order valence-corrected chi connectivity index (χ4v) is 6.39. The van der Waals surface area contributed by atoms with Gasteiger partial charge in [-0.3, -0.25) is 4.55 Å². The number of rotatable bonds is 7. The van der Waals surface area contributed by atoms with Gasteiger partial charge in [0.1, 0.15) is 11.2 Å². The Kier molecular flexibility index (Phi) is 6.83. The van der Waals surface area contributed by atoms with E-state index in [4.69, 9.17) is 5.26 Å². The second-order valence-electron chi connectivity index (χ2n) is 6.35. The lowest BCUT2D eigenvalue weighted by atomic mass is 10.3. The molecule has 2 aromatic carbocycles. The number of hydrogen-bond acceptors (Lipinski definition) is 10. The average molecular weight is 515 g/mol. The van der Waals surface area contributed by atoms with Crippen LogP contribution in [0.4, 0.5) is 10.8 Å². The second-order valence-corrected chi connectivity index (χ2v) is 10.6. The van der Waals surface area contributed by atoms with E-state index in [1.807, 2.05) is 47.4 Å². The standard InChI is InChI=1S/C18H16N4O6S4/c1-3-21-13-7-5-11(31-28-27-23)9-15(13)29-17(21)19-20-18-22(4-2)14-8-6-12(32(24,25)26)10-16(14)30-18/h3,5-10H,4H2,1-2H3,(H-,23,24,25,26)/p+2. The molecule has 32 heavy (non-hydrogen) atoms. The Morgan fingerprint density at radius 2 is 2.09 bits per heavy atom. The molecule has 10 nitrogen and oxygen atoms in total. The Labute approximate surface area is 196 Å². The summed E-state index contributed by atoms with van der Waals surface area (Å²) in [6.07, 6.45) is 1.90. The van der Waals surface area contributed by atoms with Crippen LogP contribution >= 0.6 is 35.1 Å². The molecule has 0 saturated heterocycles. The molecule has 1 aliphatic rings. The van der Waals surface area contributed by atoms with Crippen molar-refractivity contribution in [2.24, 2.45) is 5.10 Å². The molecule has 0 fully saturated rings. The maximum absolute atomic E-state index is 11.5. The van der Waals surface area contributed by atoms with E-state index >= 15 is 0 Å². The fourth-order valence-electron chi connectivity index (χ4n) is 3.18. The van der Waals surface area contributed by atoms with Gasteiger partial charge in [-0.05, 0) is 67.0 Å². The van der Waals surface area contributed by atoms with Gasteiger partial charge in [-0.1, -0.05) is 5.04 Å². The molecule has 2 heterocycles. The minimum absolute atomic E-state index is 0.148. The van der Waals surface area contributed by atoms with Crippen LogP contribution < -0.4 is 9.99 Å². The van der Waals surface area contributed by atoms with Crippen molar-refractivity contribution in [2.45, 2.75) is 35.1 Å². The molecule has 1 aromatic heterocycles. The number of anilines is 1. The third-order valence-corrected chi connectivity index (χ3v) is 8.05. The number of nitrogens with one attached hydrogen (secondary N) is 1. The van der Waals surface area contributed by atoms with Crippen LogP contribution in [0.5, 0.6) is 0 Å². The molecule has 0 atom stereocenters. The Bertz CT molecular complexity index is 1350. The molecule has 0 saturated carbocycles. The van der Waals surface area contributed by atoms with Crippen molar-refractivity contribution in [3.8, 4) is 0 Å². The fraction of sp³-hybridized carbons (Fsp3) is 0.167. The van der Waals surface area contributed by atoms with Crippen LogP contribution in [-0.4, -0.2) is 34.2 Å². The monoisotopic (exact) mass is 514 g/mol. The smallest absolute Gasteiger partial charge is 0.282 e. The van der Waals surface area contributed by atoms with Crippen LogP contribution in [0.25, 0.3) is 10.2 Å². The molecule has 1 aliphatic heterocycles. The highest BCUT2D eigenvalue weighted by Gasteiger charge is 2.33.